The van der Waals surface area contributed by atoms with Crippen LogP contribution in [0.15, 0.2) is 12.1 Å². The van der Waals surface area contributed by atoms with Gasteiger partial charge in [0.15, 0.2) is 0 Å². The molecule has 0 unspecified atom stereocenters. The van der Waals surface area contributed by atoms with E-state index in [1.807, 2.05) is 19.1 Å². The third-order valence-corrected chi connectivity index (χ3v) is 3.21. The minimum absolute atomic E-state index is 0.686. The molecule has 0 bridgehead atoms. The molecule has 4 heteroatoms. The van der Waals surface area contributed by atoms with Crippen LogP contribution in [0.3, 0.4) is 0 Å². The molecule has 0 fully saturated rings. The first-order valence-electron chi connectivity index (χ1n) is 5.93. The fraction of sp³-hybridized carbons (Fsp3) is 0.357. The number of anilines is 1. The van der Waals surface area contributed by atoms with Crippen LogP contribution in [-0.4, -0.2) is 19.2 Å². The lowest BCUT2D eigenvalue weighted by atomic mass is 10.1. The number of aryl methyl sites for hydroxylation is 1. The number of fused-ring (bicyclic) bond motifs is 1. The van der Waals surface area contributed by atoms with Crippen molar-refractivity contribution < 1.29 is 9.47 Å². The first-order valence-corrected chi connectivity index (χ1v) is 5.93. The van der Waals surface area contributed by atoms with Gasteiger partial charge in [-0.2, -0.15) is 0 Å². The van der Waals surface area contributed by atoms with Crippen LogP contribution in [0.4, 0.5) is 5.69 Å². The van der Waals surface area contributed by atoms with Gasteiger partial charge in [-0.1, -0.05) is 6.92 Å². The van der Waals surface area contributed by atoms with Gasteiger partial charge in [-0.05, 0) is 25.0 Å². The van der Waals surface area contributed by atoms with Crippen molar-refractivity contribution in [3.8, 4) is 11.5 Å². The number of rotatable bonds is 3. The van der Waals surface area contributed by atoms with E-state index in [1.165, 1.54) is 0 Å². The van der Waals surface area contributed by atoms with Crippen molar-refractivity contribution in [2.75, 3.05) is 20.0 Å². The maximum atomic E-state index is 6.19. The second-order valence-electron chi connectivity index (χ2n) is 4.18. The third kappa shape index (κ3) is 1.83. The Balaban J connectivity index is 2.87. The summed E-state index contributed by atoms with van der Waals surface area (Å²) in [5.74, 6) is 1.40. The molecule has 96 valence electrons. The summed E-state index contributed by atoms with van der Waals surface area (Å²) in [5, 5.41) is 0.876. The number of pyridine rings is 1. The minimum Gasteiger partial charge on any atom is -0.497 e. The summed E-state index contributed by atoms with van der Waals surface area (Å²) in [6.45, 7) is 4.06. The molecule has 0 radical (unpaired) electrons. The summed E-state index contributed by atoms with van der Waals surface area (Å²) in [5.41, 5.74) is 9.76. The van der Waals surface area contributed by atoms with E-state index in [4.69, 9.17) is 15.2 Å². The highest BCUT2D eigenvalue weighted by atomic mass is 16.5. The van der Waals surface area contributed by atoms with Crippen LogP contribution in [0.5, 0.6) is 11.5 Å². The van der Waals surface area contributed by atoms with Crippen LogP contribution in [0.2, 0.25) is 0 Å². The second kappa shape index (κ2) is 4.72. The molecule has 18 heavy (non-hydrogen) atoms. The Morgan fingerprint density at radius 2 is 1.94 bits per heavy atom. The van der Waals surface area contributed by atoms with Crippen molar-refractivity contribution in [1.82, 2.24) is 4.98 Å². The largest absolute Gasteiger partial charge is 0.497 e. The minimum atomic E-state index is 0.686. The predicted octanol–water partition coefficient (Wildman–Crippen LogP) is 2.71. The molecular formula is C14H18N2O2. The summed E-state index contributed by atoms with van der Waals surface area (Å²) in [6, 6.07) is 3.72. The number of nitrogens with zero attached hydrogens (tertiary/aromatic N) is 1. The Morgan fingerprint density at radius 1 is 1.22 bits per heavy atom. The lowest BCUT2D eigenvalue weighted by Gasteiger charge is -2.13. The lowest BCUT2D eigenvalue weighted by Crippen LogP contribution is -2.02. The van der Waals surface area contributed by atoms with Gasteiger partial charge in [0, 0.05) is 22.8 Å². The number of ether oxygens (including phenoxy) is 2. The molecule has 2 N–H and O–H groups in total. The SMILES string of the molecule is CCc1nc2c(OC)cc(OC)cc2c(N)c1C. The van der Waals surface area contributed by atoms with Gasteiger partial charge in [-0.25, -0.2) is 4.98 Å². The van der Waals surface area contributed by atoms with Crippen molar-refractivity contribution in [2.45, 2.75) is 20.3 Å². The van der Waals surface area contributed by atoms with Crippen molar-refractivity contribution >= 4 is 16.6 Å². The monoisotopic (exact) mass is 246 g/mol. The number of benzene rings is 1. The molecule has 0 aliphatic heterocycles. The summed E-state index contributed by atoms with van der Waals surface area (Å²) >= 11 is 0. The number of hydrogen-bond donors (Lipinski definition) is 1. The van der Waals surface area contributed by atoms with E-state index in [0.717, 1.165) is 40.0 Å². The molecule has 1 aromatic carbocycles. The Morgan fingerprint density at radius 3 is 2.50 bits per heavy atom. The Bertz CT molecular complexity index is 594. The normalized spacial score (nSPS) is 10.7. The lowest BCUT2D eigenvalue weighted by molar-refractivity contribution is 0.397. The van der Waals surface area contributed by atoms with Gasteiger partial charge in [0.25, 0.3) is 0 Å². The quantitative estimate of drug-likeness (QED) is 0.904. The molecule has 0 atom stereocenters. The van der Waals surface area contributed by atoms with E-state index in [9.17, 15) is 0 Å². The molecule has 0 aliphatic rings. The number of nitrogens with two attached hydrogens (primary N) is 1. The summed E-state index contributed by atoms with van der Waals surface area (Å²) < 4.78 is 10.6. The molecule has 4 nitrogen and oxygen atoms in total. The van der Waals surface area contributed by atoms with E-state index >= 15 is 0 Å². The maximum absolute atomic E-state index is 6.19. The van der Waals surface area contributed by atoms with Gasteiger partial charge in [0.1, 0.15) is 17.0 Å². The highest BCUT2D eigenvalue weighted by Gasteiger charge is 2.13. The average Bonchev–Trinajstić information content (AvgIpc) is 2.41. The van der Waals surface area contributed by atoms with Gasteiger partial charge in [0.2, 0.25) is 0 Å². The van der Waals surface area contributed by atoms with Gasteiger partial charge in [0.05, 0.1) is 14.2 Å². The molecule has 1 aromatic heterocycles. The van der Waals surface area contributed by atoms with Crippen LogP contribution in [0, 0.1) is 6.92 Å². The van der Waals surface area contributed by atoms with Gasteiger partial charge < -0.3 is 15.2 Å². The molecule has 2 rings (SSSR count). The van der Waals surface area contributed by atoms with E-state index in [1.54, 1.807) is 14.2 Å². The van der Waals surface area contributed by atoms with Crippen molar-refractivity contribution in [3.05, 3.63) is 23.4 Å². The molecule has 0 amide bonds. The Kier molecular flexibility index (Phi) is 3.28. The molecule has 0 saturated heterocycles. The van der Waals surface area contributed by atoms with Crippen molar-refractivity contribution in [2.24, 2.45) is 0 Å². The summed E-state index contributed by atoms with van der Waals surface area (Å²) in [7, 11) is 3.25. The number of nitrogen functional groups attached to an aromatic ring is 1. The fourth-order valence-electron chi connectivity index (χ4n) is 2.10. The molecule has 0 spiro atoms. The van der Waals surface area contributed by atoms with Crippen LogP contribution in [-0.2, 0) is 6.42 Å². The third-order valence-electron chi connectivity index (χ3n) is 3.21. The van der Waals surface area contributed by atoms with E-state index < -0.39 is 0 Å². The number of aromatic nitrogens is 1. The molecule has 0 aliphatic carbocycles. The summed E-state index contributed by atoms with van der Waals surface area (Å²) in [6.07, 6.45) is 0.848. The van der Waals surface area contributed by atoms with Crippen LogP contribution in [0.25, 0.3) is 10.9 Å². The van der Waals surface area contributed by atoms with Gasteiger partial charge in [-0.3, -0.25) is 0 Å². The zero-order valence-corrected chi connectivity index (χ0v) is 11.2. The van der Waals surface area contributed by atoms with Crippen LogP contribution >= 0.6 is 0 Å². The molecule has 0 saturated carbocycles. The standard InChI is InChI=1S/C14H18N2O2/c1-5-11-8(2)13(15)10-6-9(17-3)7-12(18-4)14(10)16-11/h6-7H,5H2,1-4H3,(H2,15,16). The zero-order chi connectivity index (χ0) is 13.3. The fourth-order valence-corrected chi connectivity index (χ4v) is 2.10. The molecule has 2 aromatic rings. The Hall–Kier alpha value is -1.97. The van der Waals surface area contributed by atoms with E-state index in [2.05, 4.69) is 11.9 Å². The van der Waals surface area contributed by atoms with Crippen molar-refractivity contribution in [3.63, 3.8) is 0 Å². The summed E-state index contributed by atoms with van der Waals surface area (Å²) in [4.78, 5) is 4.64. The van der Waals surface area contributed by atoms with Crippen molar-refractivity contribution in [1.29, 1.82) is 0 Å². The zero-order valence-electron chi connectivity index (χ0n) is 11.2. The van der Waals surface area contributed by atoms with Gasteiger partial charge >= 0.3 is 0 Å². The van der Waals surface area contributed by atoms with E-state index in [-0.39, 0.29) is 0 Å². The highest BCUT2D eigenvalue weighted by Crippen LogP contribution is 2.35. The second-order valence-corrected chi connectivity index (χ2v) is 4.18. The predicted molar refractivity (Wildman–Crippen MR) is 73.4 cm³/mol. The molecule has 1 heterocycles. The number of methoxy groups -OCH3 is 2. The van der Waals surface area contributed by atoms with Crippen LogP contribution in [0.1, 0.15) is 18.2 Å². The Labute approximate surface area is 107 Å². The van der Waals surface area contributed by atoms with Crippen LogP contribution < -0.4 is 15.2 Å². The molecular weight excluding hydrogens is 228 g/mol. The highest BCUT2D eigenvalue weighted by molar-refractivity contribution is 5.96. The smallest absolute Gasteiger partial charge is 0.148 e. The maximum Gasteiger partial charge on any atom is 0.148 e. The van der Waals surface area contributed by atoms with Gasteiger partial charge in [-0.15, -0.1) is 0 Å². The van der Waals surface area contributed by atoms with E-state index in [0.29, 0.717) is 5.75 Å². The average molecular weight is 246 g/mol. The topological polar surface area (TPSA) is 57.4 Å². The number of hydrogen-bond acceptors (Lipinski definition) is 4. The first-order chi connectivity index (χ1) is 8.62. The first kappa shape index (κ1) is 12.5.